The van der Waals surface area contributed by atoms with Crippen LogP contribution in [0.25, 0.3) is 0 Å². The van der Waals surface area contributed by atoms with Crippen LogP contribution in [0.15, 0.2) is 0 Å². The average Bonchev–Trinajstić information content (AvgIpc) is 2.35. The second-order valence-corrected chi connectivity index (χ2v) is 5.86. The summed E-state index contributed by atoms with van der Waals surface area (Å²) in [6, 6.07) is 0. The quantitative estimate of drug-likeness (QED) is 0.570. The van der Waals surface area contributed by atoms with E-state index in [2.05, 4.69) is 26.1 Å². The lowest BCUT2D eigenvalue weighted by molar-refractivity contribution is -0.142. The van der Waals surface area contributed by atoms with Crippen LogP contribution in [0.3, 0.4) is 0 Å². The van der Waals surface area contributed by atoms with Gasteiger partial charge in [-0.15, -0.1) is 0 Å². The number of rotatable bonds is 11. The van der Waals surface area contributed by atoms with Crippen LogP contribution in [0.2, 0.25) is 0 Å². The Balaban J connectivity index is 4.28. The lowest BCUT2D eigenvalue weighted by Gasteiger charge is -2.24. The third-order valence-electron chi connectivity index (χ3n) is 3.20. The van der Waals surface area contributed by atoms with Gasteiger partial charge in [0.2, 0.25) is 5.91 Å². The van der Waals surface area contributed by atoms with Crippen LogP contribution in [-0.2, 0) is 9.59 Å². The van der Waals surface area contributed by atoms with Crippen LogP contribution in [0.4, 0.5) is 0 Å². The molecule has 0 fully saturated rings. The largest absolute Gasteiger partial charge is 0.481 e. The summed E-state index contributed by atoms with van der Waals surface area (Å²) < 4.78 is 0. The molecule has 0 rings (SSSR count). The summed E-state index contributed by atoms with van der Waals surface area (Å²) in [4.78, 5) is 24.7. The highest BCUT2D eigenvalue weighted by atomic mass is 16.4. The molecule has 0 radical (unpaired) electrons. The van der Waals surface area contributed by atoms with Gasteiger partial charge in [0.05, 0.1) is 12.5 Å². The molecular formula is C15H30N2O3. The lowest BCUT2D eigenvalue weighted by Crippen LogP contribution is -2.41. The Morgan fingerprint density at radius 3 is 2.40 bits per heavy atom. The van der Waals surface area contributed by atoms with Crippen molar-refractivity contribution in [3.8, 4) is 0 Å². The summed E-state index contributed by atoms with van der Waals surface area (Å²) >= 11 is 0. The molecule has 0 aromatic rings. The van der Waals surface area contributed by atoms with Crippen molar-refractivity contribution in [2.24, 2.45) is 11.8 Å². The molecule has 1 unspecified atom stereocenters. The first-order chi connectivity index (χ1) is 9.36. The third-order valence-corrected chi connectivity index (χ3v) is 3.20. The van der Waals surface area contributed by atoms with Crippen molar-refractivity contribution in [2.45, 2.75) is 47.0 Å². The maximum Gasteiger partial charge on any atom is 0.307 e. The van der Waals surface area contributed by atoms with Gasteiger partial charge in [-0.05, 0) is 25.3 Å². The average molecular weight is 286 g/mol. The first kappa shape index (κ1) is 18.9. The fraction of sp³-hybridized carbons (Fsp3) is 0.867. The molecule has 5 heteroatoms. The molecule has 0 aliphatic heterocycles. The Morgan fingerprint density at radius 1 is 1.25 bits per heavy atom. The molecule has 20 heavy (non-hydrogen) atoms. The van der Waals surface area contributed by atoms with E-state index >= 15 is 0 Å². The van der Waals surface area contributed by atoms with Gasteiger partial charge in [0, 0.05) is 13.1 Å². The van der Waals surface area contributed by atoms with Crippen LogP contribution in [0, 0.1) is 11.8 Å². The van der Waals surface area contributed by atoms with Gasteiger partial charge in [0.15, 0.2) is 0 Å². The second kappa shape index (κ2) is 10.7. The van der Waals surface area contributed by atoms with Crippen molar-refractivity contribution in [3.63, 3.8) is 0 Å². The molecule has 0 bridgehead atoms. The number of nitrogens with one attached hydrogen (secondary N) is 1. The zero-order chi connectivity index (χ0) is 15.5. The molecule has 0 saturated heterocycles. The Bertz CT molecular complexity index is 293. The normalized spacial score (nSPS) is 12.7. The minimum atomic E-state index is -0.814. The summed E-state index contributed by atoms with van der Waals surface area (Å²) in [6.07, 6.45) is 2.99. The minimum absolute atomic E-state index is 0.0141. The molecule has 5 nitrogen and oxygen atoms in total. The van der Waals surface area contributed by atoms with Gasteiger partial charge >= 0.3 is 5.97 Å². The number of carbonyl (C=O) groups is 2. The number of aliphatic carboxylic acids is 1. The SMILES string of the molecule is CCCCNC(=O)CN(CCC(C)C)CC(C)C(=O)O. The zero-order valence-corrected chi connectivity index (χ0v) is 13.3. The van der Waals surface area contributed by atoms with E-state index in [4.69, 9.17) is 5.11 Å². The van der Waals surface area contributed by atoms with Crippen molar-refractivity contribution in [3.05, 3.63) is 0 Å². The Labute approximate surface area is 122 Å². The van der Waals surface area contributed by atoms with Crippen molar-refractivity contribution in [1.29, 1.82) is 0 Å². The van der Waals surface area contributed by atoms with Gasteiger partial charge in [-0.1, -0.05) is 34.1 Å². The zero-order valence-electron chi connectivity index (χ0n) is 13.3. The molecular weight excluding hydrogens is 256 g/mol. The van der Waals surface area contributed by atoms with E-state index in [9.17, 15) is 9.59 Å². The molecule has 0 saturated carbocycles. The number of hydrogen-bond acceptors (Lipinski definition) is 3. The highest BCUT2D eigenvalue weighted by Gasteiger charge is 2.18. The van der Waals surface area contributed by atoms with Crippen molar-refractivity contribution < 1.29 is 14.7 Å². The fourth-order valence-electron chi connectivity index (χ4n) is 1.80. The van der Waals surface area contributed by atoms with Gasteiger partial charge in [0.25, 0.3) is 0 Å². The highest BCUT2D eigenvalue weighted by Crippen LogP contribution is 2.06. The summed E-state index contributed by atoms with van der Waals surface area (Å²) in [5, 5.41) is 11.9. The number of carbonyl (C=O) groups excluding carboxylic acids is 1. The number of carboxylic acid groups (broad SMARTS) is 1. The summed E-state index contributed by atoms with van der Waals surface area (Å²) in [7, 11) is 0. The monoisotopic (exact) mass is 286 g/mol. The number of carboxylic acids is 1. The molecule has 2 N–H and O–H groups in total. The molecule has 1 atom stereocenters. The predicted molar refractivity (Wildman–Crippen MR) is 80.6 cm³/mol. The third kappa shape index (κ3) is 9.78. The van der Waals surface area contributed by atoms with Crippen LogP contribution in [-0.4, -0.2) is 48.1 Å². The van der Waals surface area contributed by atoms with Gasteiger partial charge in [-0.25, -0.2) is 0 Å². The van der Waals surface area contributed by atoms with E-state index in [1.54, 1.807) is 6.92 Å². The summed E-state index contributed by atoms with van der Waals surface area (Å²) in [5.41, 5.74) is 0. The smallest absolute Gasteiger partial charge is 0.307 e. The van der Waals surface area contributed by atoms with Crippen LogP contribution in [0.5, 0.6) is 0 Å². The van der Waals surface area contributed by atoms with Crippen molar-refractivity contribution in [2.75, 3.05) is 26.2 Å². The van der Waals surface area contributed by atoms with Crippen molar-refractivity contribution >= 4 is 11.9 Å². The summed E-state index contributed by atoms with van der Waals surface area (Å²) in [5.74, 6) is -0.739. The Kier molecular flexibility index (Phi) is 10.1. The summed E-state index contributed by atoms with van der Waals surface area (Å²) in [6.45, 7) is 10.2. The van der Waals surface area contributed by atoms with E-state index in [1.807, 2.05) is 4.90 Å². The van der Waals surface area contributed by atoms with E-state index < -0.39 is 11.9 Å². The Hall–Kier alpha value is -1.10. The molecule has 0 heterocycles. The molecule has 0 aliphatic rings. The van der Waals surface area contributed by atoms with Crippen LogP contribution < -0.4 is 5.32 Å². The first-order valence-electron chi connectivity index (χ1n) is 7.58. The minimum Gasteiger partial charge on any atom is -0.481 e. The maximum atomic E-state index is 11.8. The van der Waals surface area contributed by atoms with Crippen LogP contribution >= 0.6 is 0 Å². The number of unbranched alkanes of at least 4 members (excludes halogenated alkanes) is 1. The number of nitrogens with zero attached hydrogens (tertiary/aromatic N) is 1. The molecule has 118 valence electrons. The molecule has 0 aromatic carbocycles. The van der Waals surface area contributed by atoms with E-state index in [0.29, 0.717) is 19.0 Å². The van der Waals surface area contributed by atoms with E-state index in [-0.39, 0.29) is 12.5 Å². The van der Waals surface area contributed by atoms with E-state index in [1.165, 1.54) is 0 Å². The second-order valence-electron chi connectivity index (χ2n) is 5.86. The standard InChI is InChI=1S/C15H30N2O3/c1-5-6-8-16-14(18)11-17(9-7-12(2)3)10-13(4)15(19)20/h12-13H,5-11H2,1-4H3,(H,16,18)(H,19,20). The molecule has 1 amide bonds. The van der Waals surface area contributed by atoms with Gasteiger partial charge < -0.3 is 10.4 Å². The van der Waals surface area contributed by atoms with Crippen LogP contribution in [0.1, 0.15) is 47.0 Å². The highest BCUT2D eigenvalue weighted by molar-refractivity contribution is 5.78. The molecule has 0 aromatic heterocycles. The van der Waals surface area contributed by atoms with Gasteiger partial charge in [-0.3, -0.25) is 14.5 Å². The van der Waals surface area contributed by atoms with Gasteiger partial charge in [0.1, 0.15) is 0 Å². The predicted octanol–water partition coefficient (Wildman–Crippen LogP) is 1.97. The maximum absolute atomic E-state index is 11.8. The Morgan fingerprint density at radius 2 is 1.90 bits per heavy atom. The van der Waals surface area contributed by atoms with Crippen molar-refractivity contribution in [1.82, 2.24) is 10.2 Å². The first-order valence-corrected chi connectivity index (χ1v) is 7.58. The lowest BCUT2D eigenvalue weighted by atomic mass is 10.1. The topological polar surface area (TPSA) is 69.6 Å². The van der Waals surface area contributed by atoms with Gasteiger partial charge in [-0.2, -0.15) is 0 Å². The molecule has 0 spiro atoms. The number of amides is 1. The fourth-order valence-corrected chi connectivity index (χ4v) is 1.80. The number of hydrogen-bond donors (Lipinski definition) is 2. The van der Waals surface area contributed by atoms with E-state index in [0.717, 1.165) is 25.8 Å². The molecule has 0 aliphatic carbocycles.